The normalized spacial score (nSPS) is 25.3. The van der Waals surface area contributed by atoms with Crippen LogP contribution in [0, 0.1) is 5.41 Å². The van der Waals surface area contributed by atoms with Gasteiger partial charge in [0.25, 0.3) is 0 Å². The summed E-state index contributed by atoms with van der Waals surface area (Å²) in [5.41, 5.74) is 2.30. The van der Waals surface area contributed by atoms with E-state index in [0.29, 0.717) is 13.1 Å². The molecule has 24 heavy (non-hydrogen) atoms. The van der Waals surface area contributed by atoms with Crippen molar-refractivity contribution in [1.82, 2.24) is 9.88 Å². The zero-order valence-corrected chi connectivity index (χ0v) is 14.7. The minimum Gasteiger partial charge on any atom is -0.465 e. The van der Waals surface area contributed by atoms with Crippen LogP contribution in [0.5, 0.6) is 0 Å². The van der Waals surface area contributed by atoms with E-state index < -0.39 is 6.09 Å². The molecule has 0 bridgehead atoms. The van der Waals surface area contributed by atoms with Crippen molar-refractivity contribution < 1.29 is 9.90 Å². The Hall–Kier alpha value is -2.08. The average Bonchev–Trinajstić information content (AvgIpc) is 2.83. The van der Waals surface area contributed by atoms with E-state index in [1.807, 2.05) is 30.5 Å². The molecule has 2 fully saturated rings. The van der Waals surface area contributed by atoms with Crippen molar-refractivity contribution in [2.75, 3.05) is 24.5 Å². The molecule has 5 nitrogen and oxygen atoms in total. The second kappa shape index (κ2) is 5.77. The molecular formula is C18H18BrN3O2. The fourth-order valence-corrected chi connectivity index (χ4v) is 4.43. The summed E-state index contributed by atoms with van der Waals surface area (Å²) in [6, 6.07) is 12.6. The second-order valence-corrected chi connectivity index (χ2v) is 7.61. The van der Waals surface area contributed by atoms with E-state index in [0.717, 1.165) is 23.1 Å². The molecule has 2 aromatic rings. The van der Waals surface area contributed by atoms with Crippen LogP contribution in [0.2, 0.25) is 0 Å². The maximum atomic E-state index is 11.5. The third-order valence-corrected chi connectivity index (χ3v) is 5.59. The monoisotopic (exact) mass is 387 g/mol. The Morgan fingerprint density at radius 1 is 1.29 bits per heavy atom. The van der Waals surface area contributed by atoms with Crippen molar-refractivity contribution in [3.63, 3.8) is 0 Å². The van der Waals surface area contributed by atoms with Gasteiger partial charge in [0.2, 0.25) is 0 Å². The van der Waals surface area contributed by atoms with Gasteiger partial charge in [-0.15, -0.1) is 0 Å². The van der Waals surface area contributed by atoms with Gasteiger partial charge < -0.3 is 14.9 Å². The average molecular weight is 388 g/mol. The topological polar surface area (TPSA) is 56.7 Å². The quantitative estimate of drug-likeness (QED) is 0.877. The molecule has 2 aliphatic rings. The number of anilines is 1. The van der Waals surface area contributed by atoms with Crippen molar-refractivity contribution in [3.05, 3.63) is 58.8 Å². The highest BCUT2D eigenvalue weighted by Gasteiger charge is 2.58. The van der Waals surface area contributed by atoms with Crippen LogP contribution in [-0.4, -0.2) is 46.8 Å². The van der Waals surface area contributed by atoms with Crippen LogP contribution in [0.25, 0.3) is 0 Å². The lowest BCUT2D eigenvalue weighted by atomic mass is 9.69. The molecule has 0 saturated carbocycles. The molecule has 4 rings (SSSR count). The van der Waals surface area contributed by atoms with Gasteiger partial charge in [-0.25, -0.2) is 4.79 Å². The number of likely N-dealkylation sites (tertiary alicyclic amines) is 1. The van der Waals surface area contributed by atoms with Crippen LogP contribution in [-0.2, 0) is 6.42 Å². The van der Waals surface area contributed by atoms with Crippen molar-refractivity contribution in [3.8, 4) is 0 Å². The Morgan fingerprint density at radius 3 is 2.79 bits per heavy atom. The largest absolute Gasteiger partial charge is 0.465 e. The molecular weight excluding hydrogens is 370 g/mol. The molecule has 1 aromatic heterocycles. The maximum Gasteiger partial charge on any atom is 0.407 e. The number of nitrogens with zero attached hydrogens (tertiary/aromatic N) is 3. The Morgan fingerprint density at radius 2 is 2.08 bits per heavy atom. The predicted molar refractivity (Wildman–Crippen MR) is 95.2 cm³/mol. The van der Waals surface area contributed by atoms with Gasteiger partial charge in [0.15, 0.2) is 0 Å². The Balaban J connectivity index is 1.62. The number of fused-ring (bicyclic) bond motifs is 1. The number of benzene rings is 1. The van der Waals surface area contributed by atoms with Crippen molar-refractivity contribution in [2.24, 2.45) is 5.41 Å². The van der Waals surface area contributed by atoms with Gasteiger partial charge in [0, 0.05) is 35.7 Å². The Kier molecular flexibility index (Phi) is 3.72. The summed E-state index contributed by atoms with van der Waals surface area (Å²) >= 11 is 3.46. The molecule has 1 amide bonds. The van der Waals surface area contributed by atoms with Crippen molar-refractivity contribution in [2.45, 2.75) is 12.5 Å². The lowest BCUT2D eigenvalue weighted by Crippen LogP contribution is -2.65. The summed E-state index contributed by atoms with van der Waals surface area (Å²) in [5.74, 6) is 0. The van der Waals surface area contributed by atoms with Crippen LogP contribution in [0.15, 0.2) is 53.3 Å². The second-order valence-electron chi connectivity index (χ2n) is 6.69. The number of halogens is 1. The number of aromatic nitrogens is 1. The summed E-state index contributed by atoms with van der Waals surface area (Å²) in [6.07, 6.45) is 3.68. The molecule has 6 heteroatoms. The smallest absolute Gasteiger partial charge is 0.407 e. The minimum absolute atomic E-state index is 0.0118. The van der Waals surface area contributed by atoms with Crippen molar-refractivity contribution >= 4 is 27.7 Å². The number of hydrogen-bond donors (Lipinski definition) is 1. The SMILES string of the molecule is O=C(O)N1C[C@H]2N(c3cncc(Br)c3)C[C@@]2(Cc2ccccc2)C1. The molecule has 2 atom stereocenters. The number of rotatable bonds is 3. The molecule has 0 radical (unpaired) electrons. The first-order chi connectivity index (χ1) is 11.6. The zero-order valence-electron chi connectivity index (χ0n) is 13.1. The number of carbonyl (C=O) groups is 1. The molecule has 2 aliphatic heterocycles. The summed E-state index contributed by atoms with van der Waals surface area (Å²) in [4.78, 5) is 19.6. The minimum atomic E-state index is -0.829. The molecule has 3 heterocycles. The van der Waals surface area contributed by atoms with E-state index in [-0.39, 0.29) is 11.5 Å². The molecule has 1 N–H and O–H groups in total. The van der Waals surface area contributed by atoms with E-state index in [1.54, 1.807) is 11.1 Å². The molecule has 124 valence electrons. The molecule has 1 aromatic carbocycles. The van der Waals surface area contributed by atoms with Gasteiger partial charge in [-0.05, 0) is 34.0 Å². The molecule has 0 aliphatic carbocycles. The highest BCUT2D eigenvalue weighted by molar-refractivity contribution is 9.10. The number of pyridine rings is 1. The Bertz CT molecular complexity index is 770. The predicted octanol–water partition coefficient (Wildman–Crippen LogP) is 3.26. The summed E-state index contributed by atoms with van der Waals surface area (Å²) < 4.78 is 0.939. The fraction of sp³-hybridized carbons (Fsp3) is 0.333. The standard InChI is InChI=1S/C18H18BrN3O2/c19-14-6-15(9-20-8-14)22-12-18(7-13-4-2-1-3-5-13)11-21(17(23)24)10-16(18)22/h1-6,8-9,16H,7,10-12H2,(H,23,24)/t16-,18-/m1/s1. The first kappa shape index (κ1) is 15.4. The summed E-state index contributed by atoms with van der Waals surface area (Å²) in [6.45, 7) is 2.00. The Labute approximate surface area is 149 Å². The number of amides is 1. The van der Waals surface area contributed by atoms with Crippen LogP contribution < -0.4 is 4.90 Å². The van der Waals surface area contributed by atoms with E-state index in [4.69, 9.17) is 0 Å². The van der Waals surface area contributed by atoms with Crippen LogP contribution in [0.1, 0.15) is 5.56 Å². The van der Waals surface area contributed by atoms with Gasteiger partial charge >= 0.3 is 6.09 Å². The number of carboxylic acid groups (broad SMARTS) is 1. The molecule has 0 spiro atoms. The third-order valence-electron chi connectivity index (χ3n) is 5.16. The number of hydrogen-bond acceptors (Lipinski definition) is 3. The summed E-state index contributed by atoms with van der Waals surface area (Å²) in [5, 5.41) is 9.45. The first-order valence-corrected chi connectivity index (χ1v) is 8.76. The van der Waals surface area contributed by atoms with Crippen LogP contribution in [0.4, 0.5) is 10.5 Å². The van der Waals surface area contributed by atoms with E-state index in [9.17, 15) is 9.90 Å². The van der Waals surface area contributed by atoms with Gasteiger partial charge in [0.05, 0.1) is 17.9 Å². The van der Waals surface area contributed by atoms with Gasteiger partial charge in [-0.3, -0.25) is 4.98 Å². The fourth-order valence-electron chi connectivity index (χ4n) is 4.08. The van der Waals surface area contributed by atoms with Gasteiger partial charge in [0.1, 0.15) is 0 Å². The third kappa shape index (κ3) is 2.55. The van der Waals surface area contributed by atoms with Crippen molar-refractivity contribution in [1.29, 1.82) is 0 Å². The zero-order chi connectivity index (χ0) is 16.7. The van der Waals surface area contributed by atoms with E-state index in [2.05, 4.69) is 37.9 Å². The highest BCUT2D eigenvalue weighted by atomic mass is 79.9. The highest BCUT2D eigenvalue weighted by Crippen LogP contribution is 2.48. The summed E-state index contributed by atoms with van der Waals surface area (Å²) in [7, 11) is 0. The lowest BCUT2D eigenvalue weighted by Gasteiger charge is -2.54. The maximum absolute atomic E-state index is 11.5. The first-order valence-electron chi connectivity index (χ1n) is 7.96. The lowest BCUT2D eigenvalue weighted by molar-refractivity contribution is 0.144. The van der Waals surface area contributed by atoms with Gasteiger partial charge in [-0.1, -0.05) is 30.3 Å². The van der Waals surface area contributed by atoms with E-state index in [1.165, 1.54) is 5.56 Å². The van der Waals surface area contributed by atoms with Gasteiger partial charge in [-0.2, -0.15) is 0 Å². The van der Waals surface area contributed by atoms with E-state index >= 15 is 0 Å². The van der Waals surface area contributed by atoms with Crippen LogP contribution >= 0.6 is 15.9 Å². The molecule has 2 saturated heterocycles. The van der Waals surface area contributed by atoms with Crippen LogP contribution in [0.3, 0.4) is 0 Å². The molecule has 0 unspecified atom stereocenters.